The Morgan fingerprint density at radius 2 is 2.17 bits per heavy atom. The zero-order chi connectivity index (χ0) is 21.4. The fourth-order valence-corrected chi connectivity index (χ4v) is 2.86. The van der Waals surface area contributed by atoms with E-state index in [2.05, 4.69) is 27.2 Å². The van der Waals surface area contributed by atoms with Crippen molar-refractivity contribution in [2.45, 2.75) is 0 Å². The van der Waals surface area contributed by atoms with Crippen LogP contribution < -0.4 is 14.8 Å². The van der Waals surface area contributed by atoms with Gasteiger partial charge in [0.2, 0.25) is 0 Å². The van der Waals surface area contributed by atoms with E-state index in [0.717, 1.165) is 0 Å². The molecule has 0 fully saturated rings. The van der Waals surface area contributed by atoms with Gasteiger partial charge in [-0.1, -0.05) is 12.0 Å². The van der Waals surface area contributed by atoms with Crippen molar-refractivity contribution in [3.63, 3.8) is 0 Å². The van der Waals surface area contributed by atoms with E-state index in [4.69, 9.17) is 15.9 Å². The molecule has 8 nitrogen and oxygen atoms in total. The van der Waals surface area contributed by atoms with Gasteiger partial charge in [0.25, 0.3) is 11.6 Å². The number of methoxy groups -OCH3 is 1. The van der Waals surface area contributed by atoms with Gasteiger partial charge in [-0.05, 0) is 45.8 Å². The second-order valence-corrected chi connectivity index (χ2v) is 6.31. The third-order valence-electron chi connectivity index (χ3n) is 3.54. The number of nitrogens with zero attached hydrogens (tertiary/aromatic N) is 2. The molecule has 2 aromatic carbocycles. The Labute approximate surface area is 175 Å². The highest BCUT2D eigenvalue weighted by Gasteiger charge is 2.15. The van der Waals surface area contributed by atoms with Crippen LogP contribution in [0.4, 0.5) is 11.4 Å². The zero-order valence-electron chi connectivity index (χ0n) is 15.1. The monoisotopic (exact) mass is 455 g/mol. The summed E-state index contributed by atoms with van der Waals surface area (Å²) < 4.78 is 11.2. The molecule has 0 heterocycles. The molecule has 0 aromatic heterocycles. The molecule has 0 saturated carbocycles. The van der Waals surface area contributed by atoms with Gasteiger partial charge < -0.3 is 14.8 Å². The normalized spacial score (nSPS) is 10.4. The number of nitro groups is 1. The van der Waals surface area contributed by atoms with Gasteiger partial charge in [0, 0.05) is 17.8 Å². The number of halogens is 1. The number of nitro benzene ring substituents is 1. The number of benzene rings is 2. The van der Waals surface area contributed by atoms with Crippen LogP contribution in [0.1, 0.15) is 5.56 Å². The number of hydrogen-bond acceptors (Lipinski definition) is 6. The highest BCUT2D eigenvalue weighted by molar-refractivity contribution is 9.10. The molecular weight excluding hydrogens is 442 g/mol. The number of ether oxygens (including phenoxy) is 2. The Hall–Kier alpha value is -3.82. The standard InChI is InChI=1S/C20H14BrN3O5/c1-3-7-29-19-17(21)9-13(10-18(19)28-2)8-14(12-22)20(25)23-15-5-4-6-16(11-15)24(26)27/h1,4-6,8-11H,7H2,2H3,(H,23,25)/b14-8+. The van der Waals surface area contributed by atoms with Crippen LogP contribution in [0.3, 0.4) is 0 Å². The van der Waals surface area contributed by atoms with Gasteiger partial charge in [0.15, 0.2) is 11.5 Å². The maximum Gasteiger partial charge on any atom is 0.271 e. The molecule has 146 valence electrons. The Bertz CT molecular complexity index is 1070. The van der Waals surface area contributed by atoms with E-state index in [0.29, 0.717) is 21.5 Å². The topological polar surface area (TPSA) is 114 Å². The van der Waals surface area contributed by atoms with Crippen molar-refractivity contribution in [2.75, 3.05) is 19.0 Å². The average molecular weight is 456 g/mol. The van der Waals surface area contributed by atoms with Crippen LogP contribution in [0.25, 0.3) is 6.08 Å². The lowest BCUT2D eigenvalue weighted by atomic mass is 10.1. The van der Waals surface area contributed by atoms with Crippen molar-refractivity contribution in [2.24, 2.45) is 0 Å². The molecule has 29 heavy (non-hydrogen) atoms. The molecule has 0 saturated heterocycles. The molecule has 2 rings (SSSR count). The van der Waals surface area contributed by atoms with Gasteiger partial charge in [-0.25, -0.2) is 0 Å². The van der Waals surface area contributed by atoms with Gasteiger partial charge in [0.05, 0.1) is 16.5 Å². The maximum atomic E-state index is 12.4. The van der Waals surface area contributed by atoms with Crippen LogP contribution in [-0.2, 0) is 4.79 Å². The molecule has 9 heteroatoms. The van der Waals surface area contributed by atoms with Crippen LogP contribution in [0.15, 0.2) is 46.4 Å². The van der Waals surface area contributed by atoms with Gasteiger partial charge in [-0.2, -0.15) is 5.26 Å². The average Bonchev–Trinajstić information content (AvgIpc) is 2.70. The highest BCUT2D eigenvalue weighted by atomic mass is 79.9. The molecule has 0 bridgehead atoms. The molecule has 0 radical (unpaired) electrons. The minimum atomic E-state index is -0.712. The third kappa shape index (κ3) is 5.58. The van der Waals surface area contributed by atoms with Gasteiger partial charge >= 0.3 is 0 Å². The number of carbonyl (C=O) groups excluding carboxylic acids is 1. The summed E-state index contributed by atoms with van der Waals surface area (Å²) in [5, 5.41) is 22.7. The summed E-state index contributed by atoms with van der Waals surface area (Å²) in [6, 6.07) is 10.4. The largest absolute Gasteiger partial charge is 0.493 e. The van der Waals surface area contributed by atoms with Crippen molar-refractivity contribution in [1.29, 1.82) is 5.26 Å². The first-order valence-electron chi connectivity index (χ1n) is 8.01. The fraction of sp³-hybridized carbons (Fsp3) is 0.100. The molecule has 0 aliphatic carbocycles. The Morgan fingerprint density at radius 3 is 2.79 bits per heavy atom. The molecule has 0 aliphatic rings. The first-order valence-corrected chi connectivity index (χ1v) is 8.80. The van der Waals surface area contributed by atoms with E-state index in [9.17, 15) is 20.2 Å². The van der Waals surface area contributed by atoms with Crippen molar-refractivity contribution in [3.8, 4) is 29.9 Å². The number of nitrogens with one attached hydrogen (secondary N) is 1. The summed E-state index contributed by atoms with van der Waals surface area (Å²) in [4.78, 5) is 22.7. The number of rotatable bonds is 7. The number of carbonyl (C=O) groups is 1. The van der Waals surface area contributed by atoms with Crippen LogP contribution in [-0.4, -0.2) is 24.5 Å². The summed E-state index contributed by atoms with van der Waals surface area (Å²) >= 11 is 3.34. The number of non-ortho nitro benzene ring substituents is 1. The van der Waals surface area contributed by atoms with E-state index in [1.54, 1.807) is 12.1 Å². The van der Waals surface area contributed by atoms with Crippen molar-refractivity contribution < 1.29 is 19.2 Å². The first-order chi connectivity index (χ1) is 13.9. The number of nitriles is 1. The Kier molecular flexibility index (Phi) is 7.35. The van der Waals surface area contributed by atoms with Crippen molar-refractivity contribution >= 4 is 39.3 Å². The summed E-state index contributed by atoms with van der Waals surface area (Å²) in [7, 11) is 1.44. The smallest absolute Gasteiger partial charge is 0.271 e. The summed E-state index contributed by atoms with van der Waals surface area (Å²) in [5.41, 5.74) is 0.305. The molecule has 0 aliphatic heterocycles. The maximum absolute atomic E-state index is 12.4. The highest BCUT2D eigenvalue weighted by Crippen LogP contribution is 2.37. The van der Waals surface area contributed by atoms with Crippen molar-refractivity contribution in [1.82, 2.24) is 0 Å². The number of amides is 1. The minimum Gasteiger partial charge on any atom is -0.493 e. The van der Waals surface area contributed by atoms with E-state index < -0.39 is 10.8 Å². The van der Waals surface area contributed by atoms with Crippen LogP contribution in [0.5, 0.6) is 11.5 Å². The number of anilines is 1. The Morgan fingerprint density at radius 1 is 1.41 bits per heavy atom. The van der Waals surface area contributed by atoms with Gasteiger partial charge in [0.1, 0.15) is 18.2 Å². The second-order valence-electron chi connectivity index (χ2n) is 5.46. The molecule has 1 amide bonds. The summed E-state index contributed by atoms with van der Waals surface area (Å²) in [6.45, 7) is 0.0409. The van der Waals surface area contributed by atoms with Crippen LogP contribution in [0, 0.1) is 33.8 Å². The van der Waals surface area contributed by atoms with E-state index in [-0.39, 0.29) is 23.6 Å². The lowest BCUT2D eigenvalue weighted by Crippen LogP contribution is -2.13. The zero-order valence-corrected chi connectivity index (χ0v) is 16.7. The minimum absolute atomic E-state index is 0.0409. The number of hydrogen-bond donors (Lipinski definition) is 1. The second kappa shape index (κ2) is 9.93. The van der Waals surface area contributed by atoms with E-state index in [1.165, 1.54) is 37.5 Å². The van der Waals surface area contributed by atoms with Gasteiger partial charge in [-0.3, -0.25) is 14.9 Å². The molecule has 2 aromatic rings. The quantitative estimate of drug-likeness (QED) is 0.222. The molecule has 0 atom stereocenters. The Balaban J connectivity index is 2.31. The van der Waals surface area contributed by atoms with Crippen LogP contribution in [0.2, 0.25) is 0 Å². The van der Waals surface area contributed by atoms with E-state index >= 15 is 0 Å². The fourth-order valence-electron chi connectivity index (χ4n) is 2.29. The molecular formula is C20H14BrN3O5. The van der Waals surface area contributed by atoms with Crippen molar-refractivity contribution in [3.05, 3.63) is 62.1 Å². The first kappa shape index (κ1) is 21.5. The van der Waals surface area contributed by atoms with Gasteiger partial charge in [-0.15, -0.1) is 6.42 Å². The third-order valence-corrected chi connectivity index (χ3v) is 4.13. The molecule has 1 N–H and O–H groups in total. The van der Waals surface area contributed by atoms with Crippen LogP contribution >= 0.6 is 15.9 Å². The predicted molar refractivity (Wildman–Crippen MR) is 110 cm³/mol. The number of terminal acetylenes is 1. The SMILES string of the molecule is C#CCOc1c(Br)cc(/C=C(\C#N)C(=O)Nc2cccc([N+](=O)[O-])c2)cc1OC. The molecule has 0 spiro atoms. The lowest BCUT2D eigenvalue weighted by molar-refractivity contribution is -0.384. The lowest BCUT2D eigenvalue weighted by Gasteiger charge is -2.12. The van der Waals surface area contributed by atoms with E-state index in [1.807, 2.05) is 6.07 Å². The summed E-state index contributed by atoms with van der Waals surface area (Å²) in [6.07, 6.45) is 6.55. The summed E-state index contributed by atoms with van der Waals surface area (Å²) in [5.74, 6) is 2.39. The predicted octanol–water partition coefficient (Wildman–Crippen LogP) is 3.92. The molecule has 0 unspecified atom stereocenters.